The largest absolute Gasteiger partial charge is 0.444 e. The first-order chi connectivity index (χ1) is 20.9. The highest BCUT2D eigenvalue weighted by atomic mass is 16.6. The van der Waals surface area contributed by atoms with Gasteiger partial charge in [-0.25, -0.2) is 4.79 Å². The van der Waals surface area contributed by atoms with Gasteiger partial charge in [0.2, 0.25) is 5.91 Å². The summed E-state index contributed by atoms with van der Waals surface area (Å²) in [7, 11) is 0. The zero-order chi connectivity index (χ0) is 32.3. The molecule has 0 aliphatic carbocycles. The van der Waals surface area contributed by atoms with E-state index in [1.807, 2.05) is 56.3 Å². The molecule has 0 fully saturated rings. The number of unbranched alkanes of at least 4 members (excludes halogenated alkanes) is 3. The molecule has 3 amide bonds. The Morgan fingerprint density at radius 2 is 1.61 bits per heavy atom. The van der Waals surface area contributed by atoms with Crippen molar-refractivity contribution in [2.75, 3.05) is 11.9 Å². The van der Waals surface area contributed by atoms with E-state index < -0.39 is 23.8 Å². The minimum Gasteiger partial charge on any atom is -0.444 e. The van der Waals surface area contributed by atoms with Gasteiger partial charge in [0, 0.05) is 17.8 Å². The zero-order valence-corrected chi connectivity index (χ0v) is 27.0. The Morgan fingerprint density at radius 1 is 0.932 bits per heavy atom. The first-order valence-corrected chi connectivity index (χ1v) is 15.6. The summed E-state index contributed by atoms with van der Waals surface area (Å²) < 4.78 is 5.51. The predicted molar refractivity (Wildman–Crippen MR) is 178 cm³/mol. The lowest BCUT2D eigenvalue weighted by Gasteiger charge is -2.35. The molecule has 7 nitrogen and oxygen atoms in total. The van der Waals surface area contributed by atoms with Gasteiger partial charge >= 0.3 is 6.09 Å². The third-order valence-corrected chi connectivity index (χ3v) is 7.20. The Balaban J connectivity index is 2.05. The number of ether oxygens (including phenoxy) is 1. The number of carbonyl (C=O) groups excluding carboxylic acids is 3. The summed E-state index contributed by atoms with van der Waals surface area (Å²) in [6, 6.07) is 19.0. The van der Waals surface area contributed by atoms with Crippen molar-refractivity contribution in [2.24, 2.45) is 5.92 Å². The highest BCUT2D eigenvalue weighted by molar-refractivity contribution is 6.00. The number of hydrogen-bond donors (Lipinski definition) is 2. The first-order valence-electron chi connectivity index (χ1n) is 15.6. The van der Waals surface area contributed by atoms with E-state index in [4.69, 9.17) is 11.2 Å². The van der Waals surface area contributed by atoms with Crippen LogP contribution in [-0.4, -0.2) is 41.0 Å². The third-order valence-electron chi connectivity index (χ3n) is 7.20. The maximum atomic E-state index is 14.5. The summed E-state index contributed by atoms with van der Waals surface area (Å²) in [4.78, 5) is 43.2. The molecule has 0 heterocycles. The number of benzene rings is 3. The molecular weight excluding hydrogens is 550 g/mol. The average Bonchev–Trinajstić information content (AvgIpc) is 2.97. The minimum absolute atomic E-state index is 0.0978. The third kappa shape index (κ3) is 10.2. The Kier molecular flexibility index (Phi) is 12.4. The minimum atomic E-state index is -0.961. The maximum absolute atomic E-state index is 14.5. The van der Waals surface area contributed by atoms with Crippen LogP contribution in [0.1, 0.15) is 90.8 Å². The van der Waals surface area contributed by atoms with Crippen molar-refractivity contribution >= 4 is 34.4 Å². The van der Waals surface area contributed by atoms with Crippen molar-refractivity contribution in [1.82, 2.24) is 10.2 Å². The lowest BCUT2D eigenvalue weighted by Crippen LogP contribution is -2.53. The highest BCUT2D eigenvalue weighted by Gasteiger charge is 2.36. The molecule has 2 unspecified atom stereocenters. The molecule has 0 saturated heterocycles. The number of anilines is 1. The average molecular weight is 598 g/mol. The summed E-state index contributed by atoms with van der Waals surface area (Å²) >= 11 is 0. The van der Waals surface area contributed by atoms with Crippen LogP contribution in [0, 0.1) is 18.3 Å². The van der Waals surface area contributed by atoms with E-state index in [-0.39, 0.29) is 17.7 Å². The van der Waals surface area contributed by atoms with Gasteiger partial charge in [-0.3, -0.25) is 9.59 Å². The van der Waals surface area contributed by atoms with Gasteiger partial charge in [0.25, 0.3) is 5.91 Å². The number of nitrogens with zero attached hydrogens (tertiary/aromatic N) is 1. The van der Waals surface area contributed by atoms with Crippen molar-refractivity contribution in [3.8, 4) is 12.3 Å². The van der Waals surface area contributed by atoms with Crippen LogP contribution in [0.15, 0.2) is 66.7 Å². The lowest BCUT2D eigenvalue weighted by molar-refractivity contribution is -0.141. The van der Waals surface area contributed by atoms with E-state index >= 15 is 0 Å². The fourth-order valence-electron chi connectivity index (χ4n) is 5.13. The lowest BCUT2D eigenvalue weighted by atomic mass is 9.98. The van der Waals surface area contributed by atoms with E-state index in [0.717, 1.165) is 30.0 Å². The number of fused-ring (bicyclic) bond motifs is 1. The van der Waals surface area contributed by atoms with Crippen LogP contribution < -0.4 is 10.6 Å². The Labute approximate surface area is 262 Å². The van der Waals surface area contributed by atoms with Gasteiger partial charge in [0.15, 0.2) is 0 Å². The Morgan fingerprint density at radius 3 is 2.23 bits per heavy atom. The molecule has 3 aromatic rings. The van der Waals surface area contributed by atoms with Crippen LogP contribution >= 0.6 is 0 Å². The topological polar surface area (TPSA) is 87.7 Å². The van der Waals surface area contributed by atoms with Crippen molar-refractivity contribution < 1.29 is 19.1 Å². The molecule has 0 bridgehead atoms. The van der Waals surface area contributed by atoms with Gasteiger partial charge in [-0.05, 0) is 80.1 Å². The second-order valence-electron chi connectivity index (χ2n) is 12.6. The summed E-state index contributed by atoms with van der Waals surface area (Å²) in [5, 5.41) is 7.93. The standard InChI is InChI=1S/C37H47N3O4/c1-8-10-11-14-23-40(35(42)32(24-26(3)4)39-36(43)44-37(5,6)7)33(29-19-17-27(9-2)18-20-29)34(41)38-31-22-21-28-15-12-13-16-30(28)25-31/h2,12-13,15-22,25-26,32-33H,8,10-11,14,23-24H2,1,3-7H3,(H,38,41)(H,39,43). The molecule has 2 N–H and O–H groups in total. The molecule has 0 aliphatic rings. The number of alkyl carbamates (subject to hydrolysis) is 1. The molecule has 0 saturated carbocycles. The number of terminal acetylenes is 1. The van der Waals surface area contributed by atoms with Gasteiger partial charge in [-0.1, -0.05) is 88.4 Å². The number of nitrogens with one attached hydrogen (secondary N) is 2. The molecule has 7 heteroatoms. The van der Waals surface area contributed by atoms with Crippen molar-refractivity contribution in [3.05, 3.63) is 77.9 Å². The molecular formula is C37H47N3O4. The smallest absolute Gasteiger partial charge is 0.408 e. The second-order valence-corrected chi connectivity index (χ2v) is 12.6. The van der Waals surface area contributed by atoms with E-state index in [2.05, 4.69) is 23.5 Å². The highest BCUT2D eigenvalue weighted by Crippen LogP contribution is 2.28. The Bertz CT molecular complexity index is 1450. The molecule has 3 aromatic carbocycles. The monoisotopic (exact) mass is 597 g/mol. The van der Waals surface area contributed by atoms with Crippen molar-refractivity contribution in [2.45, 2.75) is 91.3 Å². The molecule has 234 valence electrons. The van der Waals surface area contributed by atoms with Crippen molar-refractivity contribution in [3.63, 3.8) is 0 Å². The molecule has 3 rings (SSSR count). The fourth-order valence-corrected chi connectivity index (χ4v) is 5.13. The number of amides is 3. The van der Waals surface area contributed by atoms with Gasteiger partial charge < -0.3 is 20.3 Å². The van der Waals surface area contributed by atoms with Crippen molar-refractivity contribution in [1.29, 1.82) is 0 Å². The van der Waals surface area contributed by atoms with Crippen LogP contribution in [-0.2, 0) is 14.3 Å². The van der Waals surface area contributed by atoms with E-state index in [9.17, 15) is 14.4 Å². The van der Waals surface area contributed by atoms with Gasteiger partial charge in [0.1, 0.15) is 17.7 Å². The van der Waals surface area contributed by atoms with E-state index in [0.29, 0.717) is 36.2 Å². The van der Waals surface area contributed by atoms with Crippen LogP contribution in [0.5, 0.6) is 0 Å². The molecule has 0 radical (unpaired) electrons. The zero-order valence-electron chi connectivity index (χ0n) is 27.0. The van der Waals surface area contributed by atoms with Gasteiger partial charge in [-0.15, -0.1) is 6.42 Å². The van der Waals surface area contributed by atoms with Crippen LogP contribution in [0.2, 0.25) is 0 Å². The van der Waals surface area contributed by atoms with Gasteiger partial charge in [-0.2, -0.15) is 0 Å². The maximum Gasteiger partial charge on any atom is 0.408 e. The quantitative estimate of drug-likeness (QED) is 0.155. The second kappa shape index (κ2) is 16.0. The molecule has 0 spiro atoms. The predicted octanol–water partition coefficient (Wildman–Crippen LogP) is 7.85. The fraction of sp³-hybridized carbons (Fsp3) is 0.432. The summed E-state index contributed by atoms with van der Waals surface area (Å²) in [6.07, 6.45) is 9.00. The van der Waals surface area contributed by atoms with Crippen LogP contribution in [0.25, 0.3) is 10.8 Å². The van der Waals surface area contributed by atoms with Crippen LogP contribution in [0.3, 0.4) is 0 Å². The molecule has 2 atom stereocenters. The SMILES string of the molecule is C#Cc1ccc(C(C(=O)Nc2ccc3ccccc3c2)N(CCCCCC)C(=O)C(CC(C)C)NC(=O)OC(C)(C)C)cc1. The molecule has 44 heavy (non-hydrogen) atoms. The van der Waals surface area contributed by atoms with Gasteiger partial charge in [0.05, 0.1) is 0 Å². The normalized spacial score (nSPS) is 12.7. The van der Waals surface area contributed by atoms with E-state index in [1.165, 1.54) is 0 Å². The van der Waals surface area contributed by atoms with Crippen LogP contribution in [0.4, 0.5) is 10.5 Å². The molecule has 0 aliphatic heterocycles. The first kappa shape index (κ1) is 34.2. The molecule has 0 aromatic heterocycles. The Hall–Kier alpha value is -4.31. The van der Waals surface area contributed by atoms with E-state index in [1.54, 1.807) is 49.9 Å². The number of rotatable bonds is 13. The number of hydrogen-bond acceptors (Lipinski definition) is 4. The number of carbonyl (C=O) groups is 3. The summed E-state index contributed by atoms with van der Waals surface area (Å²) in [5.74, 6) is 2.03. The summed E-state index contributed by atoms with van der Waals surface area (Å²) in [6.45, 7) is 11.8. The summed E-state index contributed by atoms with van der Waals surface area (Å²) in [5.41, 5.74) is 1.21.